The van der Waals surface area contributed by atoms with E-state index in [-0.39, 0.29) is 5.92 Å². The maximum absolute atomic E-state index is 12.3. The van der Waals surface area contributed by atoms with Crippen molar-refractivity contribution in [3.05, 3.63) is 16.6 Å². The Hall–Kier alpha value is -1.63. The Kier molecular flexibility index (Phi) is 4.51. The van der Waals surface area contributed by atoms with E-state index < -0.39 is 23.7 Å². The summed E-state index contributed by atoms with van der Waals surface area (Å²) in [6.07, 6.45) is 1.75. The van der Waals surface area contributed by atoms with Crippen LogP contribution in [0.25, 0.3) is 0 Å². The maximum atomic E-state index is 12.3. The summed E-state index contributed by atoms with van der Waals surface area (Å²) in [5.41, 5.74) is -0.600. The lowest BCUT2D eigenvalue weighted by atomic mass is 10.1. The molecule has 1 fully saturated rings. The van der Waals surface area contributed by atoms with Crippen LogP contribution in [0.1, 0.15) is 38.1 Å². The van der Waals surface area contributed by atoms with Crippen LogP contribution in [0.2, 0.25) is 0 Å². The molecule has 2 rings (SSSR count). The van der Waals surface area contributed by atoms with Crippen molar-refractivity contribution in [1.82, 2.24) is 9.88 Å². The number of ether oxygens (including phenoxy) is 2. The Labute approximate surface area is 128 Å². The van der Waals surface area contributed by atoms with Gasteiger partial charge in [0, 0.05) is 24.0 Å². The van der Waals surface area contributed by atoms with Crippen LogP contribution >= 0.6 is 11.3 Å². The summed E-state index contributed by atoms with van der Waals surface area (Å²) in [5, 5.41) is 2.81. The third-order valence-corrected chi connectivity index (χ3v) is 4.14. The van der Waals surface area contributed by atoms with Crippen LogP contribution in [-0.4, -0.2) is 47.2 Å². The zero-order valence-corrected chi connectivity index (χ0v) is 13.5. The van der Waals surface area contributed by atoms with Crippen molar-refractivity contribution in [2.45, 2.75) is 44.8 Å². The summed E-state index contributed by atoms with van der Waals surface area (Å²) in [6.45, 7) is 5.81. The third kappa shape index (κ3) is 3.72. The molecule has 116 valence electrons. The molecule has 1 aliphatic rings. The number of carbonyl (C=O) groups is 2. The number of nitrogens with zero attached hydrogens (tertiary/aromatic N) is 2. The van der Waals surface area contributed by atoms with Gasteiger partial charge in [0.1, 0.15) is 11.6 Å². The zero-order valence-electron chi connectivity index (χ0n) is 12.7. The zero-order chi connectivity index (χ0) is 15.6. The number of likely N-dealkylation sites (tertiary alicyclic amines) is 1. The third-order valence-electron chi connectivity index (χ3n) is 3.20. The second-order valence-electron chi connectivity index (χ2n) is 5.97. The molecule has 0 N–H and O–H groups in total. The number of hydrogen-bond donors (Lipinski definition) is 0. The van der Waals surface area contributed by atoms with Crippen LogP contribution in [-0.2, 0) is 14.3 Å². The Balaban J connectivity index is 2.16. The van der Waals surface area contributed by atoms with Gasteiger partial charge in [0.05, 0.1) is 12.1 Å². The SMILES string of the molecule is COC(=O)[C@@H]1C[C@H](c2nccs2)CN1C(=O)OC(C)(C)C. The second-order valence-corrected chi connectivity index (χ2v) is 6.90. The molecule has 0 unspecified atom stereocenters. The summed E-state index contributed by atoms with van der Waals surface area (Å²) < 4.78 is 10.2. The molecule has 1 amide bonds. The van der Waals surface area contributed by atoms with Crippen molar-refractivity contribution in [3.63, 3.8) is 0 Å². The topological polar surface area (TPSA) is 68.7 Å². The Morgan fingerprint density at radius 1 is 1.43 bits per heavy atom. The van der Waals surface area contributed by atoms with Crippen LogP contribution in [0.4, 0.5) is 4.79 Å². The molecule has 0 saturated carbocycles. The van der Waals surface area contributed by atoms with Gasteiger partial charge >= 0.3 is 12.1 Å². The van der Waals surface area contributed by atoms with E-state index >= 15 is 0 Å². The van der Waals surface area contributed by atoms with Crippen molar-refractivity contribution in [2.75, 3.05) is 13.7 Å². The van der Waals surface area contributed by atoms with Crippen LogP contribution in [0.5, 0.6) is 0 Å². The lowest BCUT2D eigenvalue weighted by Gasteiger charge is -2.27. The lowest BCUT2D eigenvalue weighted by molar-refractivity contribution is -0.145. The van der Waals surface area contributed by atoms with E-state index in [4.69, 9.17) is 9.47 Å². The minimum atomic E-state index is -0.612. The fraction of sp³-hybridized carbons (Fsp3) is 0.643. The van der Waals surface area contributed by atoms with Gasteiger partial charge in [-0.05, 0) is 27.2 Å². The van der Waals surface area contributed by atoms with Crippen LogP contribution in [0.15, 0.2) is 11.6 Å². The Morgan fingerprint density at radius 2 is 2.14 bits per heavy atom. The van der Waals surface area contributed by atoms with E-state index in [0.29, 0.717) is 13.0 Å². The van der Waals surface area contributed by atoms with Crippen molar-refractivity contribution in [1.29, 1.82) is 0 Å². The first-order valence-electron chi connectivity index (χ1n) is 6.78. The Bertz CT molecular complexity index is 510. The molecule has 6 nitrogen and oxygen atoms in total. The average Bonchev–Trinajstić information content (AvgIpc) is 3.04. The molecule has 2 atom stereocenters. The first kappa shape index (κ1) is 15.8. The van der Waals surface area contributed by atoms with Crippen LogP contribution in [0, 0.1) is 0 Å². The van der Waals surface area contributed by atoms with E-state index in [2.05, 4.69) is 4.98 Å². The highest BCUT2D eigenvalue weighted by Gasteiger charge is 2.43. The van der Waals surface area contributed by atoms with Crippen molar-refractivity contribution < 1.29 is 19.1 Å². The van der Waals surface area contributed by atoms with Crippen LogP contribution in [0.3, 0.4) is 0 Å². The first-order valence-corrected chi connectivity index (χ1v) is 7.66. The fourth-order valence-electron chi connectivity index (χ4n) is 2.33. The summed E-state index contributed by atoms with van der Waals surface area (Å²) >= 11 is 1.53. The van der Waals surface area contributed by atoms with Crippen molar-refractivity contribution in [2.24, 2.45) is 0 Å². The van der Waals surface area contributed by atoms with E-state index in [1.807, 2.05) is 5.38 Å². The summed E-state index contributed by atoms with van der Waals surface area (Å²) in [7, 11) is 1.33. The number of aromatic nitrogens is 1. The molecule has 7 heteroatoms. The minimum Gasteiger partial charge on any atom is -0.467 e. The predicted molar refractivity (Wildman–Crippen MR) is 78.2 cm³/mol. The number of thiazole rings is 1. The number of hydrogen-bond acceptors (Lipinski definition) is 6. The van der Waals surface area contributed by atoms with Gasteiger partial charge < -0.3 is 9.47 Å². The molecule has 1 aliphatic heterocycles. The number of methoxy groups -OCH3 is 1. The normalized spacial score (nSPS) is 22.2. The quantitative estimate of drug-likeness (QED) is 0.784. The van der Waals surface area contributed by atoms with Gasteiger partial charge in [-0.2, -0.15) is 0 Å². The molecule has 21 heavy (non-hydrogen) atoms. The molecule has 2 heterocycles. The second kappa shape index (κ2) is 6.01. The van der Waals surface area contributed by atoms with E-state index in [1.165, 1.54) is 23.3 Å². The molecule has 0 bridgehead atoms. The van der Waals surface area contributed by atoms with E-state index in [9.17, 15) is 9.59 Å². The molecule has 0 radical (unpaired) electrons. The molecule has 1 aromatic rings. The standard InChI is InChI=1S/C14H20N2O4S/c1-14(2,3)20-13(18)16-8-9(11-15-5-6-21-11)7-10(16)12(17)19-4/h5-6,9-10H,7-8H2,1-4H3/t9-,10-/m0/s1. The van der Waals surface area contributed by atoms with Gasteiger partial charge in [-0.1, -0.05) is 0 Å². The molecular weight excluding hydrogens is 292 g/mol. The predicted octanol–water partition coefficient (Wildman–Crippen LogP) is 2.41. The van der Waals surface area contributed by atoms with Gasteiger partial charge in [-0.25, -0.2) is 14.6 Å². The minimum absolute atomic E-state index is 0.0432. The van der Waals surface area contributed by atoms with Gasteiger partial charge in [0.15, 0.2) is 0 Å². The van der Waals surface area contributed by atoms with Gasteiger partial charge in [-0.15, -0.1) is 11.3 Å². The highest BCUT2D eigenvalue weighted by atomic mass is 32.1. The highest BCUT2D eigenvalue weighted by Crippen LogP contribution is 2.34. The Morgan fingerprint density at radius 3 is 2.67 bits per heavy atom. The summed E-state index contributed by atoms with van der Waals surface area (Å²) in [4.78, 5) is 29.9. The molecule has 1 aromatic heterocycles. The van der Waals surface area contributed by atoms with Crippen molar-refractivity contribution >= 4 is 23.4 Å². The fourth-order valence-corrected chi connectivity index (χ4v) is 3.08. The number of esters is 1. The van der Waals surface area contributed by atoms with E-state index in [0.717, 1.165) is 5.01 Å². The molecule has 0 spiro atoms. The molecular formula is C14H20N2O4S. The average molecular weight is 312 g/mol. The molecule has 0 aromatic carbocycles. The molecule has 0 aliphatic carbocycles. The number of carbonyl (C=O) groups excluding carboxylic acids is 2. The summed E-state index contributed by atoms with van der Waals surface area (Å²) in [5.74, 6) is -0.374. The molecule has 1 saturated heterocycles. The largest absolute Gasteiger partial charge is 0.467 e. The lowest BCUT2D eigenvalue weighted by Crippen LogP contribution is -2.43. The maximum Gasteiger partial charge on any atom is 0.411 e. The summed E-state index contributed by atoms with van der Waals surface area (Å²) in [6, 6.07) is -0.612. The van der Waals surface area contributed by atoms with E-state index in [1.54, 1.807) is 27.0 Å². The number of amides is 1. The van der Waals surface area contributed by atoms with Gasteiger partial charge in [0.2, 0.25) is 0 Å². The first-order chi connectivity index (χ1) is 9.81. The number of rotatable bonds is 2. The van der Waals surface area contributed by atoms with Gasteiger partial charge in [-0.3, -0.25) is 4.90 Å². The highest BCUT2D eigenvalue weighted by molar-refractivity contribution is 7.09. The van der Waals surface area contributed by atoms with Gasteiger partial charge in [0.25, 0.3) is 0 Å². The smallest absolute Gasteiger partial charge is 0.411 e. The monoisotopic (exact) mass is 312 g/mol. The van der Waals surface area contributed by atoms with Crippen molar-refractivity contribution in [3.8, 4) is 0 Å². The van der Waals surface area contributed by atoms with Crippen LogP contribution < -0.4 is 0 Å².